The molecule has 0 amide bonds. The Bertz CT molecular complexity index is 388. The van der Waals surface area contributed by atoms with E-state index in [-0.39, 0.29) is 0 Å². The van der Waals surface area contributed by atoms with Crippen LogP contribution < -0.4 is 4.74 Å². The van der Waals surface area contributed by atoms with Gasteiger partial charge in [0.25, 0.3) is 0 Å². The van der Waals surface area contributed by atoms with Gasteiger partial charge in [-0.15, -0.1) is 6.42 Å². The molecule has 0 aliphatic carbocycles. The molecule has 0 bridgehead atoms. The molecule has 0 spiro atoms. The lowest BCUT2D eigenvalue weighted by atomic mass is 10.1. The lowest BCUT2D eigenvalue weighted by Crippen LogP contribution is -2.38. The molecule has 0 saturated carbocycles. The molecule has 1 aliphatic rings. The first-order chi connectivity index (χ1) is 8.28. The van der Waals surface area contributed by atoms with Crippen molar-refractivity contribution in [2.24, 2.45) is 0 Å². The normalized spacial score (nSPS) is 17.6. The molecule has 0 N–H and O–H groups in total. The first kappa shape index (κ1) is 12.3. The first-order valence-electron chi connectivity index (χ1n) is 5.86. The molecule has 1 fully saturated rings. The lowest BCUT2D eigenvalue weighted by molar-refractivity contribution is 0.108. The van der Waals surface area contributed by atoms with E-state index >= 15 is 0 Å². The van der Waals surface area contributed by atoms with E-state index in [1.165, 1.54) is 0 Å². The van der Waals surface area contributed by atoms with Crippen LogP contribution in [0.4, 0.5) is 0 Å². The van der Waals surface area contributed by atoms with E-state index in [9.17, 15) is 0 Å². The van der Waals surface area contributed by atoms with E-state index < -0.39 is 0 Å². The fourth-order valence-electron chi connectivity index (χ4n) is 2.02. The van der Waals surface area contributed by atoms with Gasteiger partial charge in [-0.3, -0.25) is 4.90 Å². The average molecular weight is 250 g/mol. The molecule has 1 heterocycles. The maximum atomic E-state index is 5.90. The van der Waals surface area contributed by atoms with Crippen LogP contribution in [0.1, 0.15) is 12.8 Å². The van der Waals surface area contributed by atoms with Gasteiger partial charge in [-0.1, -0.05) is 17.5 Å². The van der Waals surface area contributed by atoms with Crippen molar-refractivity contribution < 1.29 is 4.74 Å². The van der Waals surface area contributed by atoms with Gasteiger partial charge in [0.15, 0.2) is 0 Å². The fourth-order valence-corrected chi connectivity index (χ4v) is 2.15. The molecular weight excluding hydrogens is 234 g/mol. The van der Waals surface area contributed by atoms with Gasteiger partial charge in [0, 0.05) is 18.1 Å². The van der Waals surface area contributed by atoms with E-state index in [1.54, 1.807) is 0 Å². The van der Waals surface area contributed by atoms with Crippen LogP contribution in [0.3, 0.4) is 0 Å². The van der Waals surface area contributed by atoms with Crippen LogP contribution in [0.5, 0.6) is 5.75 Å². The van der Waals surface area contributed by atoms with Crippen molar-refractivity contribution in [1.82, 2.24) is 4.90 Å². The number of likely N-dealkylation sites (tertiary alicyclic amines) is 1. The van der Waals surface area contributed by atoms with Crippen LogP contribution in [-0.4, -0.2) is 30.6 Å². The zero-order chi connectivity index (χ0) is 12.1. The predicted molar refractivity (Wildman–Crippen MR) is 70.4 cm³/mol. The summed E-state index contributed by atoms with van der Waals surface area (Å²) in [5, 5.41) is 0.737. The van der Waals surface area contributed by atoms with Crippen molar-refractivity contribution in [3.63, 3.8) is 0 Å². The van der Waals surface area contributed by atoms with Gasteiger partial charge < -0.3 is 4.74 Å². The molecule has 1 aromatic carbocycles. The molecule has 0 radical (unpaired) electrons. The summed E-state index contributed by atoms with van der Waals surface area (Å²) in [5.41, 5.74) is 0. The quantitative estimate of drug-likeness (QED) is 0.764. The predicted octanol–water partition coefficient (Wildman–Crippen LogP) is 2.82. The van der Waals surface area contributed by atoms with Crippen LogP contribution in [0.2, 0.25) is 5.02 Å². The lowest BCUT2D eigenvalue weighted by Gasteiger charge is -2.30. The molecule has 2 rings (SSSR count). The number of nitrogens with zero attached hydrogens (tertiary/aromatic N) is 1. The van der Waals surface area contributed by atoms with Crippen LogP contribution in [0.15, 0.2) is 24.3 Å². The summed E-state index contributed by atoms with van der Waals surface area (Å²) in [7, 11) is 0. The number of hydrogen-bond donors (Lipinski definition) is 0. The van der Waals surface area contributed by atoms with Gasteiger partial charge in [-0.25, -0.2) is 0 Å². The molecule has 3 heteroatoms. The number of piperidine rings is 1. The maximum Gasteiger partial charge on any atom is 0.119 e. The van der Waals surface area contributed by atoms with E-state index in [4.69, 9.17) is 22.8 Å². The third-order valence-corrected chi connectivity index (χ3v) is 3.22. The third kappa shape index (κ3) is 3.66. The number of hydrogen-bond acceptors (Lipinski definition) is 2. The molecule has 2 nitrogen and oxygen atoms in total. The summed E-state index contributed by atoms with van der Waals surface area (Å²) in [6.45, 7) is 2.78. The van der Waals surface area contributed by atoms with Crippen LogP contribution in [0, 0.1) is 12.3 Å². The Hall–Kier alpha value is -1.17. The summed E-state index contributed by atoms with van der Waals surface area (Å²) < 4.78 is 5.90. The number of benzene rings is 1. The van der Waals surface area contributed by atoms with E-state index in [0.29, 0.717) is 6.10 Å². The Balaban J connectivity index is 1.82. The average Bonchev–Trinajstić information content (AvgIpc) is 2.35. The third-order valence-electron chi connectivity index (χ3n) is 2.97. The second-order valence-corrected chi connectivity index (χ2v) is 4.69. The summed E-state index contributed by atoms with van der Waals surface area (Å²) >= 11 is 5.83. The Morgan fingerprint density at radius 2 is 1.94 bits per heavy atom. The summed E-state index contributed by atoms with van der Waals surface area (Å²) in [4.78, 5) is 2.28. The molecule has 1 saturated heterocycles. The van der Waals surface area contributed by atoms with E-state index in [1.807, 2.05) is 24.3 Å². The Morgan fingerprint density at radius 1 is 1.29 bits per heavy atom. The zero-order valence-electron chi connectivity index (χ0n) is 9.73. The largest absolute Gasteiger partial charge is 0.490 e. The molecule has 0 aromatic heterocycles. The highest BCUT2D eigenvalue weighted by atomic mass is 35.5. The van der Waals surface area contributed by atoms with E-state index in [2.05, 4.69) is 10.8 Å². The topological polar surface area (TPSA) is 12.5 Å². The van der Waals surface area contributed by atoms with Crippen LogP contribution >= 0.6 is 11.6 Å². The Morgan fingerprint density at radius 3 is 2.53 bits per heavy atom. The van der Waals surface area contributed by atoms with Crippen LogP contribution in [-0.2, 0) is 0 Å². The minimum Gasteiger partial charge on any atom is -0.490 e. The van der Waals surface area contributed by atoms with Crippen molar-refractivity contribution in [2.75, 3.05) is 19.6 Å². The molecular formula is C14H16ClNO. The molecule has 17 heavy (non-hydrogen) atoms. The highest BCUT2D eigenvalue weighted by Crippen LogP contribution is 2.20. The van der Waals surface area contributed by atoms with Crippen molar-refractivity contribution in [2.45, 2.75) is 18.9 Å². The fraction of sp³-hybridized carbons (Fsp3) is 0.429. The Kier molecular flexibility index (Phi) is 4.30. The number of terminal acetylenes is 1. The number of halogens is 1. The highest BCUT2D eigenvalue weighted by Gasteiger charge is 2.19. The smallest absolute Gasteiger partial charge is 0.119 e. The summed E-state index contributed by atoms with van der Waals surface area (Å²) in [6.07, 6.45) is 7.66. The number of ether oxygens (including phenoxy) is 1. The van der Waals surface area contributed by atoms with Gasteiger partial charge in [0.05, 0.1) is 6.54 Å². The van der Waals surface area contributed by atoms with Gasteiger partial charge in [0.1, 0.15) is 11.9 Å². The molecule has 0 atom stereocenters. The second-order valence-electron chi connectivity index (χ2n) is 4.25. The van der Waals surface area contributed by atoms with Crippen molar-refractivity contribution in [3.05, 3.63) is 29.3 Å². The van der Waals surface area contributed by atoms with E-state index in [0.717, 1.165) is 43.2 Å². The molecule has 1 aliphatic heterocycles. The van der Waals surface area contributed by atoms with Crippen molar-refractivity contribution >= 4 is 11.6 Å². The number of rotatable bonds is 3. The molecule has 0 unspecified atom stereocenters. The summed E-state index contributed by atoms with van der Waals surface area (Å²) in [5.74, 6) is 3.57. The molecule has 90 valence electrons. The second kappa shape index (κ2) is 5.95. The Labute approximate surface area is 108 Å². The standard InChI is InChI=1S/C14H16ClNO/c1-2-9-16-10-7-14(8-11-16)17-13-5-3-12(15)4-6-13/h1,3-6,14H,7-11H2. The van der Waals surface area contributed by atoms with Crippen molar-refractivity contribution in [3.8, 4) is 18.1 Å². The van der Waals surface area contributed by atoms with Gasteiger partial charge in [-0.2, -0.15) is 0 Å². The minimum atomic E-state index is 0.296. The summed E-state index contributed by atoms with van der Waals surface area (Å²) in [6, 6.07) is 7.53. The van der Waals surface area contributed by atoms with Gasteiger partial charge in [-0.05, 0) is 37.1 Å². The van der Waals surface area contributed by atoms with Crippen LogP contribution in [0.25, 0.3) is 0 Å². The SMILES string of the molecule is C#CCN1CCC(Oc2ccc(Cl)cc2)CC1. The van der Waals surface area contributed by atoms with Gasteiger partial charge in [0.2, 0.25) is 0 Å². The monoisotopic (exact) mass is 249 g/mol. The first-order valence-corrected chi connectivity index (χ1v) is 6.24. The molecule has 1 aromatic rings. The van der Waals surface area contributed by atoms with Crippen molar-refractivity contribution in [1.29, 1.82) is 0 Å². The maximum absolute atomic E-state index is 5.90. The highest BCUT2D eigenvalue weighted by molar-refractivity contribution is 6.30. The zero-order valence-corrected chi connectivity index (χ0v) is 10.5. The van der Waals surface area contributed by atoms with Gasteiger partial charge >= 0.3 is 0 Å². The minimum absolute atomic E-state index is 0.296.